The van der Waals surface area contributed by atoms with Gasteiger partial charge in [0.25, 0.3) is 0 Å². The Morgan fingerprint density at radius 2 is 2.11 bits per heavy atom. The van der Waals surface area contributed by atoms with E-state index in [4.69, 9.17) is 0 Å². The van der Waals surface area contributed by atoms with E-state index in [1.165, 1.54) is 4.21 Å². The molecule has 1 N–H and O–H groups in total. The van der Waals surface area contributed by atoms with Crippen LogP contribution in [-0.4, -0.2) is 11.2 Å². The molecule has 0 aliphatic carbocycles. The molecule has 0 saturated carbocycles. The van der Waals surface area contributed by atoms with Crippen LogP contribution in [0.25, 0.3) is 10.9 Å². The lowest BCUT2D eigenvalue weighted by atomic mass is 10.2. The molecule has 0 radical (unpaired) electrons. The number of benzene rings is 1. The molecular weight excluding hydrogens is 260 g/mol. The van der Waals surface area contributed by atoms with Gasteiger partial charge in [0, 0.05) is 5.39 Å². The van der Waals surface area contributed by atoms with Crippen molar-refractivity contribution in [1.29, 1.82) is 0 Å². The number of nitrogens with one attached hydrogen (secondary N) is 1. The third-order valence-corrected chi connectivity index (χ3v) is 4.77. The smallest absolute Gasteiger partial charge is 0.0831 e. The summed E-state index contributed by atoms with van der Waals surface area (Å²) in [5.74, 6) is 0. The summed E-state index contributed by atoms with van der Waals surface area (Å²) in [6, 6.07) is 12.4. The zero-order chi connectivity index (χ0) is 12.4. The molecule has 0 fully saturated rings. The van der Waals surface area contributed by atoms with E-state index in [2.05, 4.69) is 40.1 Å². The van der Waals surface area contributed by atoms with Gasteiger partial charge in [-0.25, -0.2) is 0 Å². The van der Waals surface area contributed by atoms with E-state index in [0.29, 0.717) is 0 Å². The minimum atomic E-state index is 1.03. The molecule has 0 aliphatic rings. The Hall–Kier alpha value is -1.52. The number of aromatic nitrogens is 1. The van der Waals surface area contributed by atoms with Crippen molar-refractivity contribution >= 4 is 45.4 Å². The fourth-order valence-electron chi connectivity index (χ4n) is 1.84. The Kier molecular flexibility index (Phi) is 3.21. The highest BCUT2D eigenvalue weighted by atomic mass is 32.2. The van der Waals surface area contributed by atoms with Crippen LogP contribution in [0.4, 0.5) is 11.4 Å². The third-order valence-electron chi connectivity index (χ3n) is 2.68. The van der Waals surface area contributed by atoms with Crippen LogP contribution in [-0.2, 0) is 0 Å². The maximum Gasteiger partial charge on any atom is 0.0831 e. The molecule has 3 aromatic rings. The predicted octanol–water partition coefficient (Wildman–Crippen LogP) is 4.76. The van der Waals surface area contributed by atoms with Crippen molar-refractivity contribution < 1.29 is 0 Å². The molecular formula is C14H12N2S2. The number of para-hydroxylation sites is 1. The maximum atomic E-state index is 4.45. The highest BCUT2D eigenvalue weighted by molar-refractivity contribution is 8.00. The summed E-state index contributed by atoms with van der Waals surface area (Å²) in [5, 5.41) is 6.68. The number of anilines is 2. The summed E-state index contributed by atoms with van der Waals surface area (Å²) in [5.41, 5.74) is 3.21. The van der Waals surface area contributed by atoms with E-state index in [1.807, 2.05) is 24.4 Å². The molecule has 0 spiro atoms. The SMILES string of the molecule is CSc1sccc1Nc1cnc2ccccc2c1. The van der Waals surface area contributed by atoms with Gasteiger partial charge in [-0.15, -0.1) is 23.1 Å². The summed E-state index contributed by atoms with van der Waals surface area (Å²) in [6.07, 6.45) is 3.97. The Bertz CT molecular complexity index is 676. The molecule has 90 valence electrons. The molecule has 2 aromatic heterocycles. The van der Waals surface area contributed by atoms with Crippen molar-refractivity contribution in [3.05, 3.63) is 48.0 Å². The van der Waals surface area contributed by atoms with Gasteiger partial charge >= 0.3 is 0 Å². The lowest BCUT2D eigenvalue weighted by molar-refractivity contribution is 1.39. The fourth-order valence-corrected chi connectivity index (χ4v) is 3.31. The Morgan fingerprint density at radius 1 is 1.22 bits per heavy atom. The van der Waals surface area contributed by atoms with E-state index < -0.39 is 0 Å². The number of thioether (sulfide) groups is 1. The van der Waals surface area contributed by atoms with Gasteiger partial charge in [-0.05, 0) is 29.8 Å². The van der Waals surface area contributed by atoms with E-state index in [9.17, 15) is 0 Å². The van der Waals surface area contributed by atoms with Crippen LogP contribution in [0.3, 0.4) is 0 Å². The van der Waals surface area contributed by atoms with Crippen LogP contribution in [0, 0.1) is 0 Å². The molecule has 3 rings (SSSR count). The first-order valence-electron chi connectivity index (χ1n) is 5.60. The zero-order valence-electron chi connectivity index (χ0n) is 9.88. The number of hydrogen-bond acceptors (Lipinski definition) is 4. The maximum absolute atomic E-state index is 4.45. The van der Waals surface area contributed by atoms with Crippen molar-refractivity contribution in [1.82, 2.24) is 4.98 Å². The minimum Gasteiger partial charge on any atom is -0.353 e. The highest BCUT2D eigenvalue weighted by Gasteiger charge is 2.04. The Labute approximate surface area is 114 Å². The average molecular weight is 272 g/mol. The molecule has 0 unspecified atom stereocenters. The second-order valence-corrected chi connectivity index (χ2v) is 5.86. The van der Waals surface area contributed by atoms with Crippen molar-refractivity contribution in [2.75, 3.05) is 11.6 Å². The number of rotatable bonds is 3. The second kappa shape index (κ2) is 5.00. The molecule has 2 nitrogen and oxygen atoms in total. The standard InChI is InChI=1S/C14H12N2S2/c1-17-14-13(6-7-18-14)16-11-8-10-4-2-3-5-12(10)15-9-11/h2-9,16H,1H3. The number of thiophene rings is 1. The normalized spacial score (nSPS) is 10.7. The summed E-state index contributed by atoms with van der Waals surface area (Å²) >= 11 is 3.51. The molecule has 1 aromatic carbocycles. The van der Waals surface area contributed by atoms with Crippen molar-refractivity contribution in [3.8, 4) is 0 Å². The van der Waals surface area contributed by atoms with Gasteiger partial charge in [0.2, 0.25) is 0 Å². The highest BCUT2D eigenvalue weighted by Crippen LogP contribution is 2.33. The topological polar surface area (TPSA) is 24.9 Å². The monoisotopic (exact) mass is 272 g/mol. The third kappa shape index (κ3) is 2.21. The van der Waals surface area contributed by atoms with Crippen molar-refractivity contribution in [2.45, 2.75) is 4.21 Å². The van der Waals surface area contributed by atoms with E-state index in [-0.39, 0.29) is 0 Å². The first-order valence-corrected chi connectivity index (χ1v) is 7.70. The van der Waals surface area contributed by atoms with Gasteiger partial charge in [0.05, 0.1) is 27.3 Å². The van der Waals surface area contributed by atoms with E-state index in [0.717, 1.165) is 22.3 Å². The summed E-state index contributed by atoms with van der Waals surface area (Å²) in [7, 11) is 0. The van der Waals surface area contributed by atoms with Crippen molar-refractivity contribution in [2.24, 2.45) is 0 Å². The molecule has 0 aliphatic heterocycles. The quantitative estimate of drug-likeness (QED) is 0.696. The zero-order valence-corrected chi connectivity index (χ0v) is 11.5. The molecule has 4 heteroatoms. The average Bonchev–Trinajstić information content (AvgIpc) is 2.86. The Morgan fingerprint density at radius 3 is 3.00 bits per heavy atom. The number of fused-ring (bicyclic) bond motifs is 1. The summed E-state index contributed by atoms with van der Waals surface area (Å²) in [6.45, 7) is 0. The second-order valence-electron chi connectivity index (χ2n) is 3.87. The van der Waals surface area contributed by atoms with Crippen molar-refractivity contribution in [3.63, 3.8) is 0 Å². The van der Waals surface area contributed by atoms with Gasteiger partial charge in [-0.3, -0.25) is 4.98 Å². The van der Waals surface area contributed by atoms with Gasteiger partial charge in [0.15, 0.2) is 0 Å². The van der Waals surface area contributed by atoms with Gasteiger partial charge in [-0.1, -0.05) is 18.2 Å². The van der Waals surface area contributed by atoms with Crippen LogP contribution in [0.5, 0.6) is 0 Å². The van der Waals surface area contributed by atoms with E-state index >= 15 is 0 Å². The largest absolute Gasteiger partial charge is 0.353 e. The first-order chi connectivity index (χ1) is 8.86. The molecule has 0 amide bonds. The van der Waals surface area contributed by atoms with Crippen LogP contribution < -0.4 is 5.32 Å². The van der Waals surface area contributed by atoms with Crippen LogP contribution in [0.15, 0.2) is 52.2 Å². The molecule has 0 bridgehead atoms. The lowest BCUT2D eigenvalue weighted by Crippen LogP contribution is -1.90. The summed E-state index contributed by atoms with van der Waals surface area (Å²) in [4.78, 5) is 4.45. The predicted molar refractivity (Wildman–Crippen MR) is 81.1 cm³/mol. The van der Waals surface area contributed by atoms with Gasteiger partial charge < -0.3 is 5.32 Å². The number of hydrogen-bond donors (Lipinski definition) is 1. The molecule has 0 atom stereocenters. The fraction of sp³-hybridized carbons (Fsp3) is 0.0714. The van der Waals surface area contributed by atoms with Gasteiger partial charge in [0.1, 0.15) is 0 Å². The van der Waals surface area contributed by atoms with E-state index in [1.54, 1.807) is 23.1 Å². The lowest BCUT2D eigenvalue weighted by Gasteiger charge is -2.07. The first kappa shape index (κ1) is 11.6. The van der Waals surface area contributed by atoms with Crippen LogP contribution in [0.2, 0.25) is 0 Å². The molecule has 18 heavy (non-hydrogen) atoms. The minimum absolute atomic E-state index is 1.03. The number of pyridine rings is 1. The molecule has 0 saturated heterocycles. The Balaban J connectivity index is 1.95. The van der Waals surface area contributed by atoms with Crippen LogP contribution >= 0.6 is 23.1 Å². The molecule has 2 heterocycles. The number of nitrogens with zero attached hydrogens (tertiary/aromatic N) is 1. The van der Waals surface area contributed by atoms with Gasteiger partial charge in [-0.2, -0.15) is 0 Å². The van der Waals surface area contributed by atoms with Crippen LogP contribution in [0.1, 0.15) is 0 Å². The summed E-state index contributed by atoms with van der Waals surface area (Å²) < 4.78 is 1.29.